The SMILES string of the molecule is C=CC=CCC(C)=CC. The summed E-state index contributed by atoms with van der Waals surface area (Å²) >= 11 is 0. The van der Waals surface area contributed by atoms with Crippen LogP contribution in [0.2, 0.25) is 0 Å². The summed E-state index contributed by atoms with van der Waals surface area (Å²) in [5, 5.41) is 0. The highest BCUT2D eigenvalue weighted by atomic mass is 13.8. The molecule has 0 aliphatic heterocycles. The fourth-order valence-electron chi connectivity index (χ4n) is 0.468. The first-order chi connectivity index (χ1) is 4.31. The van der Waals surface area contributed by atoms with Crippen molar-refractivity contribution in [3.8, 4) is 0 Å². The molecule has 0 radical (unpaired) electrons. The Balaban J connectivity index is 3.50. The molecule has 0 rings (SSSR count). The fourth-order valence-corrected chi connectivity index (χ4v) is 0.468. The summed E-state index contributed by atoms with van der Waals surface area (Å²) in [5.41, 5.74) is 1.40. The second-order valence-electron chi connectivity index (χ2n) is 2.00. The Morgan fingerprint density at radius 1 is 1.56 bits per heavy atom. The third-order valence-corrected chi connectivity index (χ3v) is 1.20. The van der Waals surface area contributed by atoms with Gasteiger partial charge in [-0.2, -0.15) is 0 Å². The Bertz CT molecular complexity index is 127. The lowest BCUT2D eigenvalue weighted by molar-refractivity contribution is 1.20. The van der Waals surface area contributed by atoms with Crippen molar-refractivity contribution in [3.05, 3.63) is 36.5 Å². The maximum Gasteiger partial charge on any atom is -0.0139 e. The lowest BCUT2D eigenvalue weighted by Crippen LogP contribution is -1.68. The molecule has 0 N–H and O–H groups in total. The van der Waals surface area contributed by atoms with Gasteiger partial charge in [-0.3, -0.25) is 0 Å². The molecule has 0 fully saturated rings. The molecule has 50 valence electrons. The first kappa shape index (κ1) is 8.22. The van der Waals surface area contributed by atoms with E-state index in [-0.39, 0.29) is 0 Å². The highest BCUT2D eigenvalue weighted by Gasteiger charge is 1.78. The summed E-state index contributed by atoms with van der Waals surface area (Å²) in [4.78, 5) is 0. The zero-order chi connectivity index (χ0) is 7.11. The monoisotopic (exact) mass is 122 g/mol. The van der Waals surface area contributed by atoms with Gasteiger partial charge in [-0.1, -0.05) is 36.5 Å². The minimum Gasteiger partial charge on any atom is -0.0991 e. The number of rotatable bonds is 3. The van der Waals surface area contributed by atoms with Gasteiger partial charge in [-0.15, -0.1) is 0 Å². The van der Waals surface area contributed by atoms with E-state index in [0.717, 1.165) is 6.42 Å². The molecule has 9 heavy (non-hydrogen) atoms. The van der Waals surface area contributed by atoms with Crippen LogP contribution in [0, 0.1) is 0 Å². The Labute approximate surface area is 57.6 Å². The second kappa shape index (κ2) is 5.36. The van der Waals surface area contributed by atoms with Crippen LogP contribution in [0.5, 0.6) is 0 Å². The van der Waals surface area contributed by atoms with Crippen LogP contribution in [0.3, 0.4) is 0 Å². The van der Waals surface area contributed by atoms with Crippen LogP contribution >= 0.6 is 0 Å². The second-order valence-corrected chi connectivity index (χ2v) is 2.00. The fraction of sp³-hybridized carbons (Fsp3) is 0.333. The predicted molar refractivity (Wildman–Crippen MR) is 43.4 cm³/mol. The van der Waals surface area contributed by atoms with E-state index in [1.54, 1.807) is 6.08 Å². The zero-order valence-corrected chi connectivity index (χ0v) is 6.22. The van der Waals surface area contributed by atoms with Gasteiger partial charge in [0, 0.05) is 0 Å². The van der Waals surface area contributed by atoms with Crippen molar-refractivity contribution in [2.45, 2.75) is 20.3 Å². The van der Waals surface area contributed by atoms with E-state index in [2.05, 4.69) is 32.6 Å². The molecule has 0 heteroatoms. The molecule has 0 atom stereocenters. The van der Waals surface area contributed by atoms with Crippen molar-refractivity contribution < 1.29 is 0 Å². The molecule has 0 unspecified atom stereocenters. The van der Waals surface area contributed by atoms with Gasteiger partial charge >= 0.3 is 0 Å². The summed E-state index contributed by atoms with van der Waals surface area (Å²) in [6.07, 6.45) is 9.02. The highest BCUT2D eigenvalue weighted by molar-refractivity contribution is 5.06. The van der Waals surface area contributed by atoms with Crippen molar-refractivity contribution in [1.82, 2.24) is 0 Å². The van der Waals surface area contributed by atoms with Gasteiger partial charge in [0.15, 0.2) is 0 Å². The van der Waals surface area contributed by atoms with Crippen LogP contribution in [0.15, 0.2) is 36.5 Å². The molecular formula is C9H14. The molecule has 0 amide bonds. The van der Waals surface area contributed by atoms with Gasteiger partial charge in [-0.05, 0) is 20.3 Å². The van der Waals surface area contributed by atoms with Gasteiger partial charge in [0.25, 0.3) is 0 Å². The smallest absolute Gasteiger partial charge is 0.0139 e. The molecule has 0 nitrogen and oxygen atoms in total. The predicted octanol–water partition coefficient (Wildman–Crippen LogP) is 3.08. The van der Waals surface area contributed by atoms with Crippen LogP contribution in [0.1, 0.15) is 20.3 Å². The van der Waals surface area contributed by atoms with E-state index >= 15 is 0 Å². The maximum atomic E-state index is 3.58. The van der Waals surface area contributed by atoms with Crippen LogP contribution < -0.4 is 0 Å². The normalized spacial score (nSPS) is 12.4. The van der Waals surface area contributed by atoms with Gasteiger partial charge < -0.3 is 0 Å². The van der Waals surface area contributed by atoms with E-state index in [4.69, 9.17) is 0 Å². The van der Waals surface area contributed by atoms with Crippen LogP contribution in [-0.2, 0) is 0 Å². The van der Waals surface area contributed by atoms with Crippen LogP contribution in [0.25, 0.3) is 0 Å². The van der Waals surface area contributed by atoms with E-state index in [0.29, 0.717) is 0 Å². The van der Waals surface area contributed by atoms with Gasteiger partial charge in [0.05, 0.1) is 0 Å². The van der Waals surface area contributed by atoms with E-state index < -0.39 is 0 Å². The molecule has 0 aromatic carbocycles. The van der Waals surface area contributed by atoms with Gasteiger partial charge in [-0.25, -0.2) is 0 Å². The average Bonchev–Trinajstić information content (AvgIpc) is 1.89. The molecule has 0 aliphatic carbocycles. The largest absolute Gasteiger partial charge is 0.0991 e. The number of hydrogen-bond acceptors (Lipinski definition) is 0. The lowest BCUT2D eigenvalue weighted by Gasteiger charge is -1.89. The number of hydrogen-bond donors (Lipinski definition) is 0. The Morgan fingerprint density at radius 3 is 2.67 bits per heavy atom. The van der Waals surface area contributed by atoms with Crippen molar-refractivity contribution in [3.63, 3.8) is 0 Å². The molecule has 0 heterocycles. The maximum absolute atomic E-state index is 3.58. The van der Waals surface area contributed by atoms with Crippen LogP contribution in [0.4, 0.5) is 0 Å². The lowest BCUT2D eigenvalue weighted by atomic mass is 10.2. The minimum atomic E-state index is 1.04. The first-order valence-electron chi connectivity index (χ1n) is 3.20. The average molecular weight is 122 g/mol. The highest BCUT2D eigenvalue weighted by Crippen LogP contribution is 1.98. The van der Waals surface area contributed by atoms with Crippen molar-refractivity contribution in [2.24, 2.45) is 0 Å². The summed E-state index contributed by atoms with van der Waals surface area (Å²) in [6, 6.07) is 0. The third kappa shape index (κ3) is 5.09. The molecule has 0 saturated carbocycles. The van der Waals surface area contributed by atoms with Crippen molar-refractivity contribution in [1.29, 1.82) is 0 Å². The first-order valence-corrected chi connectivity index (χ1v) is 3.20. The topological polar surface area (TPSA) is 0 Å². The standard InChI is InChI=1S/C9H14/c1-4-6-7-8-9(3)5-2/h4-7H,1,8H2,2-3H3. The van der Waals surface area contributed by atoms with Gasteiger partial charge in [0.2, 0.25) is 0 Å². The molecule has 0 aromatic heterocycles. The third-order valence-electron chi connectivity index (χ3n) is 1.20. The quantitative estimate of drug-likeness (QED) is 0.398. The molecular weight excluding hydrogens is 108 g/mol. The van der Waals surface area contributed by atoms with Crippen molar-refractivity contribution in [2.75, 3.05) is 0 Å². The zero-order valence-electron chi connectivity index (χ0n) is 6.22. The molecule has 0 saturated heterocycles. The number of allylic oxidation sites excluding steroid dienone is 5. The molecule has 0 aromatic rings. The summed E-state index contributed by atoms with van der Waals surface area (Å²) < 4.78 is 0. The molecule has 0 aliphatic rings. The van der Waals surface area contributed by atoms with E-state index in [1.165, 1.54) is 5.57 Å². The van der Waals surface area contributed by atoms with Gasteiger partial charge in [0.1, 0.15) is 0 Å². The van der Waals surface area contributed by atoms with E-state index in [1.807, 2.05) is 6.08 Å². The van der Waals surface area contributed by atoms with E-state index in [9.17, 15) is 0 Å². The summed E-state index contributed by atoms with van der Waals surface area (Å²) in [6.45, 7) is 7.75. The molecule has 0 bridgehead atoms. The minimum absolute atomic E-state index is 1.04. The Hall–Kier alpha value is -0.780. The van der Waals surface area contributed by atoms with Crippen molar-refractivity contribution >= 4 is 0 Å². The Morgan fingerprint density at radius 2 is 2.22 bits per heavy atom. The Kier molecular flexibility index (Phi) is 4.89. The summed E-state index contributed by atoms with van der Waals surface area (Å²) in [7, 11) is 0. The van der Waals surface area contributed by atoms with Crippen LogP contribution in [-0.4, -0.2) is 0 Å². The molecule has 0 spiro atoms. The summed E-state index contributed by atoms with van der Waals surface area (Å²) in [5.74, 6) is 0.